The molecule has 0 saturated carbocycles. The maximum Gasteiger partial charge on any atom is 0.315 e. The van der Waals surface area contributed by atoms with E-state index >= 15 is 0 Å². The minimum absolute atomic E-state index is 0.216. The van der Waals surface area contributed by atoms with Crippen molar-refractivity contribution >= 4 is 6.03 Å². The Hall–Kier alpha value is -1.63. The monoisotopic (exact) mass is 284 g/mol. The Morgan fingerprint density at radius 3 is 2.50 bits per heavy atom. The SMILES string of the molecule is CCC(NC(=O)NCC(O)(CC)CC)c1noc(C)n1. The summed E-state index contributed by atoms with van der Waals surface area (Å²) >= 11 is 0. The van der Waals surface area contributed by atoms with Gasteiger partial charge in [-0.3, -0.25) is 0 Å². The van der Waals surface area contributed by atoms with E-state index in [1.807, 2.05) is 20.8 Å². The highest BCUT2D eigenvalue weighted by Gasteiger charge is 2.24. The van der Waals surface area contributed by atoms with Crippen LogP contribution in [0.1, 0.15) is 57.8 Å². The van der Waals surface area contributed by atoms with Gasteiger partial charge in [-0.05, 0) is 19.3 Å². The maximum atomic E-state index is 11.9. The molecular formula is C13H24N4O3. The molecule has 0 aliphatic heterocycles. The normalized spacial score (nSPS) is 13.1. The van der Waals surface area contributed by atoms with Crippen molar-refractivity contribution in [3.05, 3.63) is 11.7 Å². The van der Waals surface area contributed by atoms with Crippen LogP contribution >= 0.6 is 0 Å². The molecule has 0 aromatic carbocycles. The van der Waals surface area contributed by atoms with Gasteiger partial charge < -0.3 is 20.3 Å². The molecule has 1 heterocycles. The summed E-state index contributed by atoms with van der Waals surface area (Å²) in [5.41, 5.74) is -0.859. The van der Waals surface area contributed by atoms with Gasteiger partial charge in [0, 0.05) is 13.5 Å². The first kappa shape index (κ1) is 16.4. The zero-order valence-corrected chi connectivity index (χ0v) is 12.6. The van der Waals surface area contributed by atoms with Crippen LogP contribution in [0.3, 0.4) is 0 Å². The smallest absolute Gasteiger partial charge is 0.315 e. The Kier molecular flexibility index (Phi) is 5.94. The number of hydrogen-bond acceptors (Lipinski definition) is 5. The quantitative estimate of drug-likeness (QED) is 0.707. The number of nitrogens with one attached hydrogen (secondary N) is 2. The molecule has 1 aromatic heterocycles. The molecule has 20 heavy (non-hydrogen) atoms. The number of aromatic nitrogens is 2. The van der Waals surface area contributed by atoms with Crippen LogP contribution in [0.5, 0.6) is 0 Å². The van der Waals surface area contributed by atoms with Gasteiger partial charge in [0.25, 0.3) is 0 Å². The van der Waals surface area contributed by atoms with E-state index in [0.29, 0.717) is 31.0 Å². The third kappa shape index (κ3) is 4.48. The van der Waals surface area contributed by atoms with E-state index in [1.165, 1.54) is 0 Å². The van der Waals surface area contributed by atoms with Crippen molar-refractivity contribution < 1.29 is 14.4 Å². The molecule has 2 amide bonds. The lowest BCUT2D eigenvalue weighted by Crippen LogP contribution is -2.46. The molecule has 0 aliphatic carbocycles. The lowest BCUT2D eigenvalue weighted by Gasteiger charge is -2.25. The summed E-state index contributed by atoms with van der Waals surface area (Å²) in [5.74, 6) is 0.924. The average molecular weight is 284 g/mol. The summed E-state index contributed by atoms with van der Waals surface area (Å²) in [6.07, 6.45) is 1.83. The van der Waals surface area contributed by atoms with Gasteiger partial charge >= 0.3 is 6.03 Å². The summed E-state index contributed by atoms with van der Waals surface area (Å²) in [6, 6.07) is -0.650. The van der Waals surface area contributed by atoms with Crippen LogP contribution in [0.2, 0.25) is 0 Å². The fourth-order valence-corrected chi connectivity index (χ4v) is 1.76. The van der Waals surface area contributed by atoms with Gasteiger partial charge in [-0.15, -0.1) is 0 Å². The number of amides is 2. The van der Waals surface area contributed by atoms with E-state index in [-0.39, 0.29) is 18.6 Å². The van der Waals surface area contributed by atoms with Gasteiger partial charge in [0.2, 0.25) is 5.89 Å². The van der Waals surface area contributed by atoms with Crippen molar-refractivity contribution in [2.75, 3.05) is 6.54 Å². The fraction of sp³-hybridized carbons (Fsp3) is 0.769. The molecule has 7 nitrogen and oxygen atoms in total. The largest absolute Gasteiger partial charge is 0.388 e. The number of rotatable bonds is 7. The number of carbonyl (C=O) groups is 1. The van der Waals surface area contributed by atoms with Crippen molar-refractivity contribution in [2.24, 2.45) is 0 Å². The third-order valence-electron chi connectivity index (χ3n) is 3.46. The van der Waals surface area contributed by atoms with Crippen LogP contribution in [0, 0.1) is 6.92 Å². The highest BCUT2D eigenvalue weighted by Crippen LogP contribution is 2.14. The fourth-order valence-electron chi connectivity index (χ4n) is 1.76. The molecule has 7 heteroatoms. The van der Waals surface area contributed by atoms with Gasteiger partial charge in [-0.1, -0.05) is 25.9 Å². The summed E-state index contributed by atoms with van der Waals surface area (Å²) in [7, 11) is 0. The zero-order chi connectivity index (χ0) is 15.2. The molecular weight excluding hydrogens is 260 g/mol. The lowest BCUT2D eigenvalue weighted by molar-refractivity contribution is 0.0348. The molecule has 3 N–H and O–H groups in total. The van der Waals surface area contributed by atoms with Crippen molar-refractivity contribution in [3.63, 3.8) is 0 Å². The average Bonchev–Trinajstić information content (AvgIpc) is 2.88. The second kappa shape index (κ2) is 7.23. The molecule has 1 atom stereocenters. The Labute approximate surface area is 119 Å². The van der Waals surface area contributed by atoms with Crippen molar-refractivity contribution in [3.8, 4) is 0 Å². The number of carbonyl (C=O) groups excluding carboxylic acids is 1. The number of aliphatic hydroxyl groups is 1. The molecule has 0 radical (unpaired) electrons. The summed E-state index contributed by atoms with van der Waals surface area (Å²) in [6.45, 7) is 7.62. The number of urea groups is 1. The Bertz CT molecular complexity index is 429. The van der Waals surface area contributed by atoms with E-state index in [4.69, 9.17) is 4.52 Å². The van der Waals surface area contributed by atoms with Crippen LogP contribution in [0.4, 0.5) is 4.79 Å². The summed E-state index contributed by atoms with van der Waals surface area (Å²) in [4.78, 5) is 16.0. The zero-order valence-electron chi connectivity index (χ0n) is 12.6. The highest BCUT2D eigenvalue weighted by molar-refractivity contribution is 5.74. The van der Waals surface area contributed by atoms with Gasteiger partial charge in [0.15, 0.2) is 5.82 Å². The molecule has 114 valence electrons. The van der Waals surface area contributed by atoms with Crippen LogP contribution in [0.25, 0.3) is 0 Å². The Balaban J connectivity index is 2.52. The maximum absolute atomic E-state index is 11.9. The third-order valence-corrected chi connectivity index (χ3v) is 3.46. The first-order chi connectivity index (χ1) is 9.44. The minimum Gasteiger partial charge on any atom is -0.388 e. The second-order valence-electron chi connectivity index (χ2n) is 4.89. The minimum atomic E-state index is -0.859. The Morgan fingerprint density at radius 1 is 1.40 bits per heavy atom. The van der Waals surface area contributed by atoms with Crippen LogP contribution < -0.4 is 10.6 Å². The standard InChI is InChI=1S/C13H24N4O3/c1-5-10(11-15-9(4)20-17-11)16-12(18)14-8-13(19,6-2)7-3/h10,19H,5-8H2,1-4H3,(H2,14,16,18). The van der Waals surface area contributed by atoms with Crippen LogP contribution in [0.15, 0.2) is 4.52 Å². The van der Waals surface area contributed by atoms with E-state index < -0.39 is 5.60 Å². The van der Waals surface area contributed by atoms with Crippen molar-refractivity contribution in [1.29, 1.82) is 0 Å². The van der Waals surface area contributed by atoms with Crippen LogP contribution in [-0.4, -0.2) is 33.4 Å². The first-order valence-corrected chi connectivity index (χ1v) is 7.01. The van der Waals surface area contributed by atoms with E-state index in [1.54, 1.807) is 6.92 Å². The van der Waals surface area contributed by atoms with E-state index in [9.17, 15) is 9.90 Å². The summed E-state index contributed by atoms with van der Waals surface area (Å²) < 4.78 is 4.91. The molecule has 0 bridgehead atoms. The molecule has 1 unspecified atom stereocenters. The Morgan fingerprint density at radius 2 is 2.05 bits per heavy atom. The molecule has 1 rings (SSSR count). The predicted molar refractivity (Wildman–Crippen MR) is 74.1 cm³/mol. The van der Waals surface area contributed by atoms with Crippen LogP contribution in [-0.2, 0) is 0 Å². The molecule has 0 fully saturated rings. The van der Waals surface area contributed by atoms with Gasteiger partial charge in [0.05, 0.1) is 11.6 Å². The molecule has 1 aromatic rings. The lowest BCUT2D eigenvalue weighted by atomic mass is 9.98. The molecule has 0 aliphatic rings. The topological polar surface area (TPSA) is 100 Å². The first-order valence-electron chi connectivity index (χ1n) is 7.01. The van der Waals surface area contributed by atoms with Gasteiger partial charge in [-0.2, -0.15) is 4.98 Å². The molecule has 0 saturated heterocycles. The highest BCUT2D eigenvalue weighted by atomic mass is 16.5. The number of nitrogens with zero attached hydrogens (tertiary/aromatic N) is 2. The van der Waals surface area contributed by atoms with Crippen molar-refractivity contribution in [2.45, 2.75) is 58.6 Å². The second-order valence-corrected chi connectivity index (χ2v) is 4.89. The number of hydrogen-bond donors (Lipinski definition) is 3. The summed E-state index contributed by atoms with van der Waals surface area (Å²) in [5, 5.41) is 19.4. The van der Waals surface area contributed by atoms with Crippen molar-refractivity contribution in [1.82, 2.24) is 20.8 Å². The predicted octanol–water partition coefficient (Wildman–Crippen LogP) is 1.68. The van der Waals surface area contributed by atoms with E-state index in [0.717, 1.165) is 0 Å². The molecule has 0 spiro atoms. The van der Waals surface area contributed by atoms with Gasteiger partial charge in [0.1, 0.15) is 0 Å². The number of aryl methyl sites for hydroxylation is 1. The van der Waals surface area contributed by atoms with Gasteiger partial charge in [-0.25, -0.2) is 4.79 Å². The van der Waals surface area contributed by atoms with E-state index in [2.05, 4.69) is 20.8 Å².